The van der Waals surface area contributed by atoms with Gasteiger partial charge in [0.15, 0.2) is 11.6 Å². The van der Waals surface area contributed by atoms with Gasteiger partial charge in [-0.25, -0.2) is 9.37 Å². The quantitative estimate of drug-likeness (QED) is 0.714. The first-order chi connectivity index (χ1) is 12.3. The van der Waals surface area contributed by atoms with Gasteiger partial charge in [0, 0.05) is 25.3 Å². The van der Waals surface area contributed by atoms with Gasteiger partial charge in [0.25, 0.3) is 0 Å². The molecule has 5 rings (SSSR count). The summed E-state index contributed by atoms with van der Waals surface area (Å²) in [4.78, 5) is 12.9. The van der Waals surface area contributed by atoms with Crippen molar-refractivity contribution in [1.82, 2.24) is 9.97 Å². The Morgan fingerprint density at radius 1 is 0.880 bits per heavy atom. The molecule has 0 saturated carbocycles. The molecule has 0 fully saturated rings. The maximum Gasteiger partial charge on any atom is 0.228 e. The molecule has 0 unspecified atom stereocenters. The summed E-state index contributed by atoms with van der Waals surface area (Å²) in [6.45, 7) is 2.27. The molecule has 124 valence electrons. The summed E-state index contributed by atoms with van der Waals surface area (Å²) in [5.74, 6) is 0.569. The van der Waals surface area contributed by atoms with E-state index in [-0.39, 0.29) is 5.82 Å². The molecule has 0 spiro atoms. The van der Waals surface area contributed by atoms with Gasteiger partial charge in [-0.2, -0.15) is 4.98 Å². The van der Waals surface area contributed by atoms with Crippen molar-refractivity contribution in [2.45, 2.75) is 19.5 Å². The number of rotatable bonds is 2. The molecule has 0 bridgehead atoms. The lowest BCUT2D eigenvalue weighted by molar-refractivity contribution is 0.609. The van der Waals surface area contributed by atoms with Gasteiger partial charge in [0.05, 0.1) is 6.20 Å². The first-order valence-corrected chi connectivity index (χ1v) is 8.49. The van der Waals surface area contributed by atoms with Crippen molar-refractivity contribution in [2.75, 3.05) is 16.3 Å². The molecule has 0 aliphatic carbocycles. The van der Waals surface area contributed by atoms with Gasteiger partial charge in [-0.3, -0.25) is 0 Å². The molecule has 0 radical (unpaired) electrons. The molecule has 0 saturated heterocycles. The van der Waals surface area contributed by atoms with Crippen LogP contribution in [0.5, 0.6) is 0 Å². The third-order valence-corrected chi connectivity index (χ3v) is 4.98. The third kappa shape index (κ3) is 2.35. The Kier molecular flexibility index (Phi) is 3.20. The van der Waals surface area contributed by atoms with Crippen LogP contribution < -0.4 is 9.80 Å². The van der Waals surface area contributed by atoms with Crippen LogP contribution in [-0.2, 0) is 19.5 Å². The summed E-state index contributed by atoms with van der Waals surface area (Å²) in [6.07, 6.45) is 2.20. The van der Waals surface area contributed by atoms with Gasteiger partial charge >= 0.3 is 0 Å². The van der Waals surface area contributed by atoms with Crippen molar-refractivity contribution in [3.8, 4) is 0 Å². The van der Waals surface area contributed by atoms with E-state index in [0.717, 1.165) is 31.7 Å². The first-order valence-electron chi connectivity index (χ1n) is 8.49. The smallest absolute Gasteiger partial charge is 0.228 e. The molecular formula is C20H17FN4. The molecule has 0 N–H and O–H groups in total. The molecule has 5 heteroatoms. The largest absolute Gasteiger partial charge is 0.332 e. The van der Waals surface area contributed by atoms with Crippen LogP contribution in [0.4, 0.5) is 21.8 Å². The second-order valence-electron chi connectivity index (χ2n) is 6.50. The fourth-order valence-corrected chi connectivity index (χ4v) is 3.72. The Morgan fingerprint density at radius 3 is 2.32 bits per heavy atom. The lowest BCUT2D eigenvalue weighted by Gasteiger charge is -2.21. The molecule has 2 aliphatic rings. The predicted molar refractivity (Wildman–Crippen MR) is 95.5 cm³/mol. The molecule has 3 aromatic rings. The molecule has 1 aromatic heterocycles. The van der Waals surface area contributed by atoms with Crippen LogP contribution in [-0.4, -0.2) is 16.5 Å². The minimum Gasteiger partial charge on any atom is -0.332 e. The van der Waals surface area contributed by atoms with E-state index < -0.39 is 0 Å². The predicted octanol–water partition coefficient (Wildman–Crippen LogP) is 3.83. The van der Waals surface area contributed by atoms with Crippen molar-refractivity contribution in [1.29, 1.82) is 0 Å². The van der Waals surface area contributed by atoms with E-state index in [0.29, 0.717) is 11.8 Å². The van der Waals surface area contributed by atoms with Crippen molar-refractivity contribution >= 4 is 17.5 Å². The molecule has 4 nitrogen and oxygen atoms in total. The van der Waals surface area contributed by atoms with Crippen LogP contribution in [0.25, 0.3) is 0 Å². The van der Waals surface area contributed by atoms with E-state index in [1.165, 1.54) is 22.9 Å². The minimum atomic E-state index is -0.378. The second-order valence-corrected chi connectivity index (χ2v) is 6.50. The summed E-state index contributed by atoms with van der Waals surface area (Å²) in [7, 11) is 0. The Morgan fingerprint density at radius 2 is 1.56 bits per heavy atom. The van der Waals surface area contributed by atoms with E-state index in [1.807, 2.05) is 35.2 Å². The van der Waals surface area contributed by atoms with Crippen LogP contribution in [0.2, 0.25) is 0 Å². The molecule has 2 aliphatic heterocycles. The maximum absolute atomic E-state index is 14.5. The lowest BCUT2D eigenvalue weighted by Crippen LogP contribution is -2.22. The number of aromatic nitrogens is 2. The highest BCUT2D eigenvalue weighted by atomic mass is 19.1. The van der Waals surface area contributed by atoms with Gasteiger partial charge in [-0.15, -0.1) is 0 Å². The minimum absolute atomic E-state index is 0.367. The third-order valence-electron chi connectivity index (χ3n) is 4.98. The summed E-state index contributed by atoms with van der Waals surface area (Å²) >= 11 is 0. The number of halogens is 1. The van der Waals surface area contributed by atoms with Gasteiger partial charge < -0.3 is 9.80 Å². The number of hydrogen-bond acceptors (Lipinski definition) is 4. The van der Waals surface area contributed by atoms with E-state index in [9.17, 15) is 4.39 Å². The molecular weight excluding hydrogens is 315 g/mol. The number of fused-ring (bicyclic) bond motifs is 2. The van der Waals surface area contributed by atoms with Gasteiger partial charge in [-0.1, -0.05) is 42.5 Å². The van der Waals surface area contributed by atoms with Crippen LogP contribution in [0.15, 0.2) is 54.7 Å². The van der Waals surface area contributed by atoms with E-state index in [2.05, 4.69) is 33.1 Å². The SMILES string of the molecule is Fc1cnc(N2Cc3ccccc3C2)nc1N1CCc2ccccc21. The summed E-state index contributed by atoms with van der Waals surface area (Å²) in [5.41, 5.74) is 4.83. The summed E-state index contributed by atoms with van der Waals surface area (Å²) in [6, 6.07) is 16.4. The fourth-order valence-electron chi connectivity index (χ4n) is 3.72. The average Bonchev–Trinajstić information content (AvgIpc) is 3.26. The monoisotopic (exact) mass is 332 g/mol. The highest BCUT2D eigenvalue weighted by Gasteiger charge is 2.26. The van der Waals surface area contributed by atoms with Crippen molar-refractivity contribution in [3.63, 3.8) is 0 Å². The lowest BCUT2D eigenvalue weighted by atomic mass is 10.1. The highest BCUT2D eigenvalue weighted by molar-refractivity contribution is 5.68. The van der Waals surface area contributed by atoms with E-state index in [1.54, 1.807) is 0 Å². The van der Waals surface area contributed by atoms with Crippen LogP contribution in [0.3, 0.4) is 0 Å². The van der Waals surface area contributed by atoms with Crippen molar-refractivity contribution < 1.29 is 4.39 Å². The topological polar surface area (TPSA) is 32.3 Å². The second kappa shape index (κ2) is 5.55. The molecule has 2 aromatic carbocycles. The normalized spacial score (nSPS) is 15.4. The fraction of sp³-hybridized carbons (Fsp3) is 0.200. The van der Waals surface area contributed by atoms with E-state index >= 15 is 0 Å². The first kappa shape index (κ1) is 14.4. The number of hydrogen-bond donors (Lipinski definition) is 0. The molecule has 0 amide bonds. The number of nitrogens with zero attached hydrogens (tertiary/aromatic N) is 4. The zero-order valence-corrected chi connectivity index (χ0v) is 13.7. The average molecular weight is 332 g/mol. The zero-order valence-electron chi connectivity index (χ0n) is 13.7. The zero-order chi connectivity index (χ0) is 16.8. The van der Waals surface area contributed by atoms with Crippen LogP contribution in [0.1, 0.15) is 16.7 Å². The van der Waals surface area contributed by atoms with Crippen molar-refractivity contribution in [2.24, 2.45) is 0 Å². The van der Waals surface area contributed by atoms with Gasteiger partial charge in [0.1, 0.15) is 0 Å². The Bertz CT molecular complexity index is 931. The standard InChI is InChI=1S/C20H17FN4/c21-17-11-22-20(24-12-15-6-1-2-7-16(15)13-24)23-19(17)25-10-9-14-5-3-4-8-18(14)25/h1-8,11H,9-10,12-13H2. The van der Waals surface area contributed by atoms with Gasteiger partial charge in [-0.05, 0) is 29.2 Å². The number of para-hydroxylation sites is 1. The Balaban J connectivity index is 1.50. The molecule has 3 heterocycles. The Hall–Kier alpha value is -2.95. The van der Waals surface area contributed by atoms with Crippen molar-refractivity contribution in [3.05, 3.63) is 77.2 Å². The van der Waals surface area contributed by atoms with Crippen LogP contribution >= 0.6 is 0 Å². The number of benzene rings is 2. The summed E-state index contributed by atoms with van der Waals surface area (Å²) in [5, 5.41) is 0. The maximum atomic E-state index is 14.5. The molecule has 25 heavy (non-hydrogen) atoms. The van der Waals surface area contributed by atoms with E-state index in [4.69, 9.17) is 0 Å². The number of anilines is 3. The van der Waals surface area contributed by atoms with Crippen LogP contribution in [0, 0.1) is 5.82 Å². The Labute approximate surface area is 145 Å². The van der Waals surface area contributed by atoms with Gasteiger partial charge in [0.2, 0.25) is 5.95 Å². The molecule has 0 atom stereocenters. The highest BCUT2D eigenvalue weighted by Crippen LogP contribution is 2.35. The summed E-state index contributed by atoms with van der Waals surface area (Å²) < 4.78 is 14.5.